The predicted octanol–water partition coefficient (Wildman–Crippen LogP) is 0.485. The van der Waals surface area contributed by atoms with Crippen molar-refractivity contribution in [3.63, 3.8) is 0 Å². The fraction of sp³-hybridized carbons (Fsp3) is 0.909. The van der Waals surface area contributed by atoms with Gasteiger partial charge in [-0.15, -0.1) is 0 Å². The smallest absolute Gasteiger partial charge is 0.251 e. The fourth-order valence-corrected chi connectivity index (χ4v) is 1.28. The zero-order valence-corrected chi connectivity index (χ0v) is 11.1. The van der Waals surface area contributed by atoms with Gasteiger partial charge in [0.1, 0.15) is 6.54 Å². The number of ether oxygens (including phenoxy) is 2. The van der Waals surface area contributed by atoms with Crippen molar-refractivity contribution >= 4 is 6.16 Å². The molecule has 0 amide bonds. The molecule has 0 aromatic heterocycles. The normalized spacial score (nSPS) is 13.3. The number of hydrogen-bond acceptors (Lipinski definition) is 4. The molecule has 1 atom stereocenters. The maximum Gasteiger partial charge on any atom is 0.251 e. The molecule has 0 fully saturated rings. The van der Waals surface area contributed by atoms with Crippen LogP contribution in [0.15, 0.2) is 0 Å². The number of methoxy groups -OCH3 is 2. The molecule has 0 heterocycles. The largest absolute Gasteiger partial charge is 0.553 e. The second kappa shape index (κ2) is 10.7. The van der Waals surface area contributed by atoms with E-state index in [1.807, 2.05) is 0 Å². The van der Waals surface area contributed by atoms with Crippen molar-refractivity contribution in [3.8, 4) is 0 Å². The molecule has 0 aliphatic heterocycles. The van der Waals surface area contributed by atoms with Crippen LogP contribution in [0.4, 0.5) is 4.79 Å². The lowest BCUT2D eigenvalue weighted by molar-refractivity contribution is -0.908. The summed E-state index contributed by atoms with van der Waals surface area (Å²) >= 11 is 0. The van der Waals surface area contributed by atoms with Gasteiger partial charge in [0.05, 0.1) is 26.7 Å². The molecular formula is C11H25NO4. The maximum atomic E-state index is 9.03. The van der Waals surface area contributed by atoms with E-state index in [-0.39, 0.29) is 0 Å². The number of quaternary nitrogens is 1. The van der Waals surface area contributed by atoms with E-state index in [2.05, 4.69) is 25.6 Å². The SMILES string of the molecule is CCC[N+](C)(CC)CCOC.COC(=O)[O-]. The maximum absolute atomic E-state index is 9.03. The standard InChI is InChI=1S/C9H22NO.C2H4O3/c1-5-7-10(3,6-2)8-9-11-4;1-5-2(3)4/h5-9H2,1-4H3;1H3,(H,3,4)/q+1;/p-1. The Morgan fingerprint density at radius 3 is 2.00 bits per heavy atom. The molecule has 0 aliphatic rings. The molecule has 16 heavy (non-hydrogen) atoms. The number of rotatable bonds is 6. The average molecular weight is 235 g/mol. The summed E-state index contributed by atoms with van der Waals surface area (Å²) in [6, 6.07) is 0. The molecule has 0 aromatic rings. The highest BCUT2D eigenvalue weighted by atomic mass is 16.6. The first-order valence-corrected chi connectivity index (χ1v) is 5.53. The molecular weight excluding hydrogens is 210 g/mol. The minimum atomic E-state index is -1.50. The van der Waals surface area contributed by atoms with Gasteiger partial charge < -0.3 is 23.9 Å². The van der Waals surface area contributed by atoms with E-state index < -0.39 is 6.16 Å². The van der Waals surface area contributed by atoms with Gasteiger partial charge in [0.15, 0.2) is 0 Å². The van der Waals surface area contributed by atoms with Gasteiger partial charge in [0, 0.05) is 14.2 Å². The molecule has 0 saturated carbocycles. The Balaban J connectivity index is 0. The Hall–Kier alpha value is -0.810. The lowest BCUT2D eigenvalue weighted by atomic mass is 10.3. The van der Waals surface area contributed by atoms with E-state index >= 15 is 0 Å². The number of carboxylic acid groups (broad SMARTS) is 1. The summed E-state index contributed by atoms with van der Waals surface area (Å²) in [4.78, 5) is 9.03. The summed E-state index contributed by atoms with van der Waals surface area (Å²) in [5.74, 6) is 0. The lowest BCUT2D eigenvalue weighted by Gasteiger charge is -2.32. The van der Waals surface area contributed by atoms with Crippen molar-refractivity contribution in [2.24, 2.45) is 0 Å². The van der Waals surface area contributed by atoms with Crippen molar-refractivity contribution in [1.82, 2.24) is 0 Å². The monoisotopic (exact) mass is 235 g/mol. The number of nitrogens with zero attached hydrogens (tertiary/aromatic N) is 1. The summed E-state index contributed by atoms with van der Waals surface area (Å²) in [7, 11) is 5.10. The van der Waals surface area contributed by atoms with Gasteiger partial charge in [-0.25, -0.2) is 0 Å². The third kappa shape index (κ3) is 11.3. The van der Waals surface area contributed by atoms with Gasteiger partial charge in [-0.1, -0.05) is 6.92 Å². The van der Waals surface area contributed by atoms with Crippen molar-refractivity contribution < 1.29 is 23.9 Å². The Bertz CT molecular complexity index is 175. The minimum absolute atomic E-state index is 0.879. The van der Waals surface area contributed by atoms with Crippen molar-refractivity contribution in [3.05, 3.63) is 0 Å². The van der Waals surface area contributed by atoms with Crippen LogP contribution >= 0.6 is 0 Å². The Kier molecular flexibility index (Phi) is 11.8. The summed E-state index contributed by atoms with van der Waals surface area (Å²) in [6.45, 7) is 8.96. The zero-order chi connectivity index (χ0) is 13.0. The van der Waals surface area contributed by atoms with Crippen LogP contribution in [0.5, 0.6) is 0 Å². The third-order valence-electron chi connectivity index (χ3n) is 2.53. The number of carbonyl (C=O) groups excluding carboxylic acids is 1. The predicted molar refractivity (Wildman–Crippen MR) is 61.0 cm³/mol. The van der Waals surface area contributed by atoms with Crippen molar-refractivity contribution in [2.45, 2.75) is 20.3 Å². The third-order valence-corrected chi connectivity index (χ3v) is 2.53. The molecule has 0 aliphatic carbocycles. The van der Waals surface area contributed by atoms with Crippen LogP contribution in [-0.4, -0.2) is 58.1 Å². The highest BCUT2D eigenvalue weighted by molar-refractivity contribution is 5.53. The second-order valence-corrected chi connectivity index (χ2v) is 3.83. The van der Waals surface area contributed by atoms with Crippen LogP contribution in [0, 0.1) is 0 Å². The topological polar surface area (TPSA) is 58.6 Å². The molecule has 0 N–H and O–H groups in total. The van der Waals surface area contributed by atoms with E-state index in [0.29, 0.717) is 0 Å². The molecule has 98 valence electrons. The molecule has 0 rings (SSSR count). The van der Waals surface area contributed by atoms with Crippen molar-refractivity contribution in [2.75, 3.05) is 47.5 Å². The van der Waals surface area contributed by atoms with Gasteiger partial charge in [0.25, 0.3) is 6.16 Å². The average Bonchev–Trinajstić information content (AvgIpc) is 2.27. The van der Waals surface area contributed by atoms with Gasteiger partial charge in [-0.2, -0.15) is 0 Å². The summed E-state index contributed by atoms with van der Waals surface area (Å²) < 4.78 is 9.77. The molecule has 0 saturated heterocycles. The zero-order valence-electron chi connectivity index (χ0n) is 11.1. The highest BCUT2D eigenvalue weighted by Crippen LogP contribution is 2.02. The van der Waals surface area contributed by atoms with Crippen LogP contribution in [0.2, 0.25) is 0 Å². The van der Waals surface area contributed by atoms with E-state index in [4.69, 9.17) is 14.6 Å². The molecule has 1 unspecified atom stereocenters. The van der Waals surface area contributed by atoms with E-state index in [1.165, 1.54) is 19.5 Å². The highest BCUT2D eigenvalue weighted by Gasteiger charge is 2.16. The van der Waals surface area contributed by atoms with Crippen LogP contribution in [0.25, 0.3) is 0 Å². The Morgan fingerprint density at radius 2 is 1.75 bits per heavy atom. The summed E-state index contributed by atoms with van der Waals surface area (Å²) in [5.41, 5.74) is 0. The van der Waals surface area contributed by atoms with Crippen LogP contribution in [-0.2, 0) is 9.47 Å². The van der Waals surface area contributed by atoms with Crippen LogP contribution in [0.1, 0.15) is 20.3 Å². The van der Waals surface area contributed by atoms with Crippen molar-refractivity contribution in [1.29, 1.82) is 0 Å². The molecule has 0 radical (unpaired) electrons. The van der Waals surface area contributed by atoms with E-state index in [1.54, 1.807) is 7.11 Å². The number of hydrogen-bond donors (Lipinski definition) is 0. The molecule has 0 spiro atoms. The van der Waals surface area contributed by atoms with Gasteiger partial charge >= 0.3 is 0 Å². The molecule has 0 aromatic carbocycles. The molecule has 0 bridgehead atoms. The van der Waals surface area contributed by atoms with E-state index in [9.17, 15) is 0 Å². The Morgan fingerprint density at radius 1 is 1.25 bits per heavy atom. The first kappa shape index (κ1) is 17.6. The molecule has 5 heteroatoms. The van der Waals surface area contributed by atoms with Crippen LogP contribution < -0.4 is 5.11 Å². The quantitative estimate of drug-likeness (QED) is 0.496. The first-order valence-electron chi connectivity index (χ1n) is 5.53. The number of carbonyl (C=O) groups is 1. The summed E-state index contributed by atoms with van der Waals surface area (Å²) in [6.07, 6.45) is -0.237. The Labute approximate surface area is 98.5 Å². The lowest BCUT2D eigenvalue weighted by Crippen LogP contribution is -2.46. The van der Waals surface area contributed by atoms with Gasteiger partial charge in [0.2, 0.25) is 0 Å². The van der Waals surface area contributed by atoms with Crippen LogP contribution in [0.3, 0.4) is 0 Å². The fourth-order valence-electron chi connectivity index (χ4n) is 1.28. The second-order valence-electron chi connectivity index (χ2n) is 3.83. The number of likely N-dealkylation sites (N-methyl/N-ethyl adjacent to an activating group) is 1. The van der Waals surface area contributed by atoms with Gasteiger partial charge in [-0.3, -0.25) is 0 Å². The first-order chi connectivity index (χ1) is 7.45. The molecule has 5 nitrogen and oxygen atoms in total. The summed E-state index contributed by atoms with van der Waals surface area (Å²) in [5, 5.41) is 9.03. The minimum Gasteiger partial charge on any atom is -0.553 e. The van der Waals surface area contributed by atoms with Gasteiger partial charge in [-0.05, 0) is 13.3 Å². The van der Waals surface area contributed by atoms with E-state index in [0.717, 1.165) is 24.7 Å².